The van der Waals surface area contributed by atoms with Crippen LogP contribution < -0.4 is 11.1 Å². The van der Waals surface area contributed by atoms with Crippen LogP contribution in [0.25, 0.3) is 0 Å². The first kappa shape index (κ1) is 16.3. The average molecular weight is 280 g/mol. The van der Waals surface area contributed by atoms with Crippen LogP contribution in [0.15, 0.2) is 0 Å². The summed E-state index contributed by atoms with van der Waals surface area (Å²) >= 11 is 0. The fraction of sp³-hybridized carbons (Fsp3) is 0.923. The molecule has 0 saturated heterocycles. The summed E-state index contributed by atoms with van der Waals surface area (Å²) in [5.41, 5.74) is 5.95. The number of amides is 1. The molecule has 112 valence electrons. The Balaban J connectivity index is 2.07. The molecular weight excluding hydrogens is 257 g/mol. The maximum atomic E-state index is 11.9. The van der Waals surface area contributed by atoms with E-state index in [1.807, 2.05) is 0 Å². The molecule has 3 nitrogen and oxygen atoms in total. The van der Waals surface area contributed by atoms with Crippen LogP contribution >= 0.6 is 0 Å². The normalized spacial score (nSPS) is 24.2. The summed E-state index contributed by atoms with van der Waals surface area (Å²) in [5.74, 6) is 0.137. The zero-order valence-corrected chi connectivity index (χ0v) is 11.1. The predicted molar refractivity (Wildman–Crippen MR) is 67.5 cm³/mol. The molecule has 19 heavy (non-hydrogen) atoms. The van der Waals surface area contributed by atoms with Crippen molar-refractivity contribution in [1.29, 1.82) is 0 Å². The zero-order valence-electron chi connectivity index (χ0n) is 11.1. The van der Waals surface area contributed by atoms with Gasteiger partial charge in [-0.15, -0.1) is 0 Å². The number of alkyl halides is 3. The lowest BCUT2D eigenvalue weighted by molar-refractivity contribution is -0.135. The van der Waals surface area contributed by atoms with E-state index in [4.69, 9.17) is 5.73 Å². The van der Waals surface area contributed by atoms with E-state index in [1.54, 1.807) is 0 Å². The lowest BCUT2D eigenvalue weighted by Crippen LogP contribution is -2.37. The van der Waals surface area contributed by atoms with Crippen molar-refractivity contribution in [3.63, 3.8) is 0 Å². The molecule has 0 heterocycles. The largest absolute Gasteiger partial charge is 0.389 e. The maximum absolute atomic E-state index is 11.9. The van der Waals surface area contributed by atoms with Gasteiger partial charge in [0, 0.05) is 25.4 Å². The van der Waals surface area contributed by atoms with Gasteiger partial charge in [0.05, 0.1) is 0 Å². The fourth-order valence-electron chi connectivity index (χ4n) is 2.48. The number of hydrogen-bond acceptors (Lipinski definition) is 2. The molecule has 3 N–H and O–H groups in total. The average Bonchev–Trinajstić information content (AvgIpc) is 2.30. The lowest BCUT2D eigenvalue weighted by atomic mass is 9.83. The molecule has 2 atom stereocenters. The smallest absolute Gasteiger partial charge is 0.356 e. The maximum Gasteiger partial charge on any atom is 0.389 e. The number of halogens is 3. The molecule has 0 aromatic rings. The van der Waals surface area contributed by atoms with E-state index in [9.17, 15) is 18.0 Å². The van der Waals surface area contributed by atoms with Crippen LogP contribution in [0.5, 0.6) is 0 Å². The predicted octanol–water partition coefficient (Wildman–Crippen LogP) is 2.74. The molecule has 1 aliphatic carbocycles. The van der Waals surface area contributed by atoms with Crippen molar-refractivity contribution in [1.82, 2.24) is 5.32 Å². The summed E-state index contributed by atoms with van der Waals surface area (Å²) < 4.78 is 35.7. The Morgan fingerprint density at radius 2 is 1.89 bits per heavy atom. The van der Waals surface area contributed by atoms with Crippen LogP contribution in [0.3, 0.4) is 0 Å². The minimum atomic E-state index is -4.10. The quantitative estimate of drug-likeness (QED) is 0.735. The third-order valence-corrected chi connectivity index (χ3v) is 3.62. The number of rotatable bonds is 6. The minimum absolute atomic E-state index is 0.0622. The summed E-state index contributed by atoms with van der Waals surface area (Å²) in [5, 5.41) is 2.67. The third-order valence-electron chi connectivity index (χ3n) is 3.62. The first-order chi connectivity index (χ1) is 8.88. The van der Waals surface area contributed by atoms with E-state index in [2.05, 4.69) is 5.32 Å². The number of nitrogens with one attached hydrogen (secondary N) is 1. The Kier molecular flexibility index (Phi) is 6.62. The molecule has 1 amide bonds. The number of unbranched alkanes of at least 4 members (excludes halogenated alkanes) is 1. The summed E-state index contributed by atoms with van der Waals surface area (Å²) in [6, 6.07) is 0.0877. The molecule has 1 rings (SSSR count). The minimum Gasteiger partial charge on any atom is -0.356 e. The van der Waals surface area contributed by atoms with E-state index >= 15 is 0 Å². The van der Waals surface area contributed by atoms with Crippen molar-refractivity contribution in [2.24, 2.45) is 11.7 Å². The number of carbonyl (C=O) groups is 1. The van der Waals surface area contributed by atoms with Crippen LogP contribution in [0.1, 0.15) is 51.4 Å². The van der Waals surface area contributed by atoms with Gasteiger partial charge in [0.2, 0.25) is 5.91 Å². The number of nitrogens with two attached hydrogens (primary N) is 1. The van der Waals surface area contributed by atoms with Gasteiger partial charge >= 0.3 is 6.18 Å². The fourth-order valence-corrected chi connectivity index (χ4v) is 2.48. The van der Waals surface area contributed by atoms with E-state index in [-0.39, 0.29) is 24.3 Å². The van der Waals surface area contributed by atoms with Crippen LogP contribution in [0.4, 0.5) is 13.2 Å². The Bertz CT molecular complexity index is 282. The third kappa shape index (κ3) is 7.40. The van der Waals surface area contributed by atoms with Crippen LogP contribution in [-0.4, -0.2) is 24.7 Å². The number of hydrogen-bond donors (Lipinski definition) is 2. The van der Waals surface area contributed by atoms with Crippen LogP contribution in [0.2, 0.25) is 0 Å². The van der Waals surface area contributed by atoms with Crippen LogP contribution in [-0.2, 0) is 4.79 Å². The highest BCUT2D eigenvalue weighted by atomic mass is 19.4. The molecule has 0 aromatic heterocycles. The van der Waals surface area contributed by atoms with E-state index in [0.29, 0.717) is 19.4 Å². The Morgan fingerprint density at radius 3 is 2.53 bits per heavy atom. The van der Waals surface area contributed by atoms with Gasteiger partial charge in [0.25, 0.3) is 0 Å². The molecule has 0 aliphatic heterocycles. The molecule has 1 aliphatic rings. The summed E-state index contributed by atoms with van der Waals surface area (Å²) in [7, 11) is 0. The molecule has 1 fully saturated rings. The first-order valence-corrected chi connectivity index (χ1v) is 6.97. The van der Waals surface area contributed by atoms with Gasteiger partial charge in [-0.25, -0.2) is 0 Å². The second kappa shape index (κ2) is 7.72. The molecule has 0 bridgehead atoms. The molecule has 6 heteroatoms. The van der Waals surface area contributed by atoms with Gasteiger partial charge in [0.1, 0.15) is 0 Å². The van der Waals surface area contributed by atoms with Crippen molar-refractivity contribution in [3.8, 4) is 0 Å². The Labute approximate surface area is 112 Å². The first-order valence-electron chi connectivity index (χ1n) is 6.97. The SMILES string of the molecule is NC1CCCCC1CC(=O)NCCCCC(F)(F)F. The standard InChI is InChI=1S/C13H23F3N2O/c14-13(15,16)7-3-4-8-18-12(19)9-10-5-1-2-6-11(10)17/h10-11H,1-9,17H2,(H,18,19). The molecule has 0 spiro atoms. The van der Waals surface area contributed by atoms with E-state index < -0.39 is 12.6 Å². The number of carbonyl (C=O) groups excluding carboxylic acids is 1. The van der Waals surface area contributed by atoms with Crippen molar-refractivity contribution in [2.45, 2.75) is 63.6 Å². The molecule has 2 unspecified atom stereocenters. The summed E-state index contributed by atoms with van der Waals surface area (Å²) in [4.78, 5) is 11.6. The van der Waals surface area contributed by atoms with Crippen molar-refractivity contribution in [3.05, 3.63) is 0 Å². The van der Waals surface area contributed by atoms with Crippen LogP contribution in [0, 0.1) is 5.92 Å². The second-order valence-corrected chi connectivity index (χ2v) is 5.33. The highest BCUT2D eigenvalue weighted by molar-refractivity contribution is 5.76. The van der Waals surface area contributed by atoms with Gasteiger partial charge in [-0.1, -0.05) is 12.8 Å². The second-order valence-electron chi connectivity index (χ2n) is 5.33. The zero-order chi connectivity index (χ0) is 14.3. The highest BCUT2D eigenvalue weighted by Crippen LogP contribution is 2.25. The lowest BCUT2D eigenvalue weighted by Gasteiger charge is -2.27. The Morgan fingerprint density at radius 1 is 1.21 bits per heavy atom. The van der Waals surface area contributed by atoms with Crippen molar-refractivity contribution >= 4 is 5.91 Å². The molecule has 1 saturated carbocycles. The van der Waals surface area contributed by atoms with E-state index in [1.165, 1.54) is 0 Å². The van der Waals surface area contributed by atoms with Gasteiger partial charge in [-0.3, -0.25) is 4.79 Å². The monoisotopic (exact) mass is 280 g/mol. The molecule has 0 aromatic carbocycles. The molecule has 0 radical (unpaired) electrons. The van der Waals surface area contributed by atoms with E-state index in [0.717, 1.165) is 25.7 Å². The van der Waals surface area contributed by atoms with Gasteiger partial charge in [0.15, 0.2) is 0 Å². The van der Waals surface area contributed by atoms with Gasteiger partial charge in [-0.05, 0) is 31.6 Å². The van der Waals surface area contributed by atoms with Crippen molar-refractivity contribution < 1.29 is 18.0 Å². The summed E-state index contributed by atoms with van der Waals surface area (Å²) in [6.45, 7) is 0.316. The topological polar surface area (TPSA) is 55.1 Å². The van der Waals surface area contributed by atoms with Gasteiger partial charge in [-0.2, -0.15) is 13.2 Å². The summed E-state index contributed by atoms with van der Waals surface area (Å²) in [6.07, 6.45) is 0.116. The van der Waals surface area contributed by atoms with Gasteiger partial charge < -0.3 is 11.1 Å². The molecular formula is C13H23F3N2O. The van der Waals surface area contributed by atoms with Crippen molar-refractivity contribution in [2.75, 3.05) is 6.54 Å². The highest BCUT2D eigenvalue weighted by Gasteiger charge is 2.26. The Hall–Kier alpha value is -0.780.